The summed E-state index contributed by atoms with van der Waals surface area (Å²) in [4.78, 5) is 42.4. The molecule has 4 rings (SSSR count). The molecular formula is C24H20N6O3. The number of benzene rings is 2. The molecule has 3 N–H and O–H groups in total. The molecule has 33 heavy (non-hydrogen) atoms. The fraction of sp³-hybridized carbons (Fsp3) is 0.0833. The van der Waals surface area contributed by atoms with Gasteiger partial charge in [0.15, 0.2) is 6.04 Å². The Labute approximate surface area is 188 Å². The van der Waals surface area contributed by atoms with Gasteiger partial charge in [-0.25, -0.2) is 10.5 Å². The molecule has 0 saturated carbocycles. The summed E-state index contributed by atoms with van der Waals surface area (Å²) in [6, 6.07) is 19.3. The normalized spacial score (nSPS) is 12.2. The van der Waals surface area contributed by atoms with E-state index in [1.807, 2.05) is 6.07 Å². The third kappa shape index (κ3) is 4.82. The Bertz CT molecular complexity index is 1380. The van der Waals surface area contributed by atoms with Gasteiger partial charge in [0.05, 0.1) is 16.8 Å². The molecule has 0 fully saturated rings. The van der Waals surface area contributed by atoms with Crippen LogP contribution in [0.15, 0.2) is 88.9 Å². The summed E-state index contributed by atoms with van der Waals surface area (Å²) < 4.78 is 0. The van der Waals surface area contributed by atoms with Crippen molar-refractivity contribution in [3.8, 4) is 0 Å². The van der Waals surface area contributed by atoms with Crippen molar-refractivity contribution in [3.05, 3.63) is 106 Å². The fourth-order valence-electron chi connectivity index (χ4n) is 3.26. The Morgan fingerprint density at radius 1 is 0.939 bits per heavy atom. The smallest absolute Gasteiger partial charge is 0.272 e. The molecule has 0 aliphatic rings. The van der Waals surface area contributed by atoms with Crippen molar-refractivity contribution in [2.24, 2.45) is 5.10 Å². The molecule has 0 radical (unpaired) electrons. The molecule has 9 heteroatoms. The Morgan fingerprint density at radius 2 is 1.64 bits per heavy atom. The summed E-state index contributed by atoms with van der Waals surface area (Å²) in [5.41, 5.74) is 3.72. The van der Waals surface area contributed by atoms with Gasteiger partial charge in [0.25, 0.3) is 17.4 Å². The number of rotatable bonds is 6. The van der Waals surface area contributed by atoms with Crippen LogP contribution in [0.2, 0.25) is 0 Å². The molecule has 0 unspecified atom stereocenters. The Hall–Kier alpha value is -4.66. The van der Waals surface area contributed by atoms with Crippen LogP contribution in [0.4, 0.5) is 0 Å². The number of hydrazone groups is 1. The first-order valence-corrected chi connectivity index (χ1v) is 10.1. The lowest BCUT2D eigenvalue weighted by Gasteiger charge is -2.18. The number of hydrogen-bond acceptors (Lipinski definition) is 6. The number of fused-ring (bicyclic) bond motifs is 1. The predicted molar refractivity (Wildman–Crippen MR) is 124 cm³/mol. The summed E-state index contributed by atoms with van der Waals surface area (Å²) >= 11 is 0. The number of H-pyrrole nitrogens is 1. The van der Waals surface area contributed by atoms with Crippen LogP contribution in [-0.4, -0.2) is 32.7 Å². The minimum atomic E-state index is -1.22. The van der Waals surface area contributed by atoms with Gasteiger partial charge in [0.1, 0.15) is 5.69 Å². The fourth-order valence-corrected chi connectivity index (χ4v) is 3.26. The van der Waals surface area contributed by atoms with Gasteiger partial charge in [-0.1, -0.05) is 42.5 Å². The largest absolute Gasteiger partial charge is 0.335 e. The van der Waals surface area contributed by atoms with Crippen molar-refractivity contribution < 1.29 is 9.59 Å². The maximum absolute atomic E-state index is 13.2. The van der Waals surface area contributed by atoms with Crippen LogP contribution in [0.3, 0.4) is 0 Å². The maximum atomic E-state index is 13.2. The van der Waals surface area contributed by atoms with Crippen LogP contribution in [0, 0.1) is 0 Å². The van der Waals surface area contributed by atoms with E-state index < -0.39 is 23.4 Å². The molecule has 4 aromatic rings. The molecule has 164 valence electrons. The lowest BCUT2D eigenvalue weighted by Crippen LogP contribution is -2.40. The zero-order valence-electron chi connectivity index (χ0n) is 17.6. The number of nitrogens with one attached hydrogen (secondary N) is 3. The lowest BCUT2D eigenvalue weighted by molar-refractivity contribution is -0.123. The van der Waals surface area contributed by atoms with Gasteiger partial charge in [0, 0.05) is 17.1 Å². The molecule has 0 saturated heterocycles. The van der Waals surface area contributed by atoms with Crippen LogP contribution in [0.1, 0.15) is 34.7 Å². The van der Waals surface area contributed by atoms with Crippen LogP contribution in [0.5, 0.6) is 0 Å². The van der Waals surface area contributed by atoms with Gasteiger partial charge in [0.2, 0.25) is 0 Å². The number of aromatic nitrogens is 3. The van der Waals surface area contributed by atoms with E-state index in [1.54, 1.807) is 79.9 Å². The third-order valence-corrected chi connectivity index (χ3v) is 4.94. The first kappa shape index (κ1) is 21.6. The quantitative estimate of drug-likeness (QED) is 0.313. The highest BCUT2D eigenvalue weighted by atomic mass is 16.2. The van der Waals surface area contributed by atoms with Gasteiger partial charge >= 0.3 is 0 Å². The second-order valence-corrected chi connectivity index (χ2v) is 7.14. The molecule has 2 aromatic carbocycles. The minimum Gasteiger partial charge on any atom is -0.335 e. The second-order valence-electron chi connectivity index (χ2n) is 7.14. The highest BCUT2D eigenvalue weighted by Crippen LogP contribution is 2.20. The highest BCUT2D eigenvalue weighted by molar-refractivity contribution is 6.00. The zero-order chi connectivity index (χ0) is 23.2. The SMILES string of the molecule is CC(=NNC(=O)[C@@H](NC(=O)c1ccccc1)c1n[nH]c(=O)c2ccccc12)c1ccccn1. The van der Waals surface area contributed by atoms with E-state index in [0.29, 0.717) is 27.7 Å². The van der Waals surface area contributed by atoms with Crippen LogP contribution >= 0.6 is 0 Å². The Balaban J connectivity index is 1.70. The van der Waals surface area contributed by atoms with Crippen LogP contribution in [0.25, 0.3) is 10.8 Å². The average molecular weight is 440 g/mol. The number of aromatic amines is 1. The van der Waals surface area contributed by atoms with Crippen LogP contribution in [-0.2, 0) is 4.79 Å². The predicted octanol–water partition coefficient (Wildman–Crippen LogP) is 2.33. The van der Waals surface area contributed by atoms with Crippen molar-refractivity contribution in [3.63, 3.8) is 0 Å². The average Bonchev–Trinajstić information content (AvgIpc) is 2.87. The molecule has 0 spiro atoms. The van der Waals surface area contributed by atoms with Crippen molar-refractivity contribution >= 4 is 28.3 Å². The van der Waals surface area contributed by atoms with E-state index in [4.69, 9.17) is 0 Å². The van der Waals surface area contributed by atoms with Crippen LogP contribution < -0.4 is 16.3 Å². The molecule has 2 aromatic heterocycles. The summed E-state index contributed by atoms with van der Waals surface area (Å²) in [6.45, 7) is 1.70. The first-order valence-electron chi connectivity index (χ1n) is 10.1. The standard InChI is InChI=1S/C24H20N6O3/c1-15(19-13-7-8-14-25-19)27-30-24(33)21(26-22(31)16-9-3-2-4-10-16)20-17-11-5-6-12-18(17)23(32)29-28-20/h2-14,21H,1H3,(H,26,31)(H,29,32)(H,30,33)/t21-/m0/s1. The minimum absolute atomic E-state index is 0.192. The maximum Gasteiger partial charge on any atom is 0.272 e. The van der Waals surface area contributed by atoms with Crippen molar-refractivity contribution in [2.45, 2.75) is 13.0 Å². The molecule has 9 nitrogen and oxygen atoms in total. The number of carbonyl (C=O) groups is 2. The molecule has 0 bridgehead atoms. The molecule has 0 aliphatic heterocycles. The molecule has 2 heterocycles. The number of amides is 2. The first-order chi connectivity index (χ1) is 16.0. The monoisotopic (exact) mass is 440 g/mol. The number of carbonyl (C=O) groups excluding carboxylic acids is 2. The van der Waals surface area contributed by atoms with Gasteiger partial charge in [-0.3, -0.25) is 19.4 Å². The molecule has 0 aliphatic carbocycles. The van der Waals surface area contributed by atoms with E-state index >= 15 is 0 Å². The van der Waals surface area contributed by atoms with Crippen molar-refractivity contribution in [1.82, 2.24) is 25.9 Å². The molecule has 1 atom stereocenters. The van der Waals surface area contributed by atoms with E-state index in [-0.39, 0.29) is 5.69 Å². The van der Waals surface area contributed by atoms with Gasteiger partial charge in [-0.05, 0) is 37.3 Å². The van der Waals surface area contributed by atoms with E-state index in [1.165, 1.54) is 0 Å². The Morgan fingerprint density at radius 3 is 2.36 bits per heavy atom. The molecular weight excluding hydrogens is 420 g/mol. The van der Waals surface area contributed by atoms with E-state index in [9.17, 15) is 14.4 Å². The van der Waals surface area contributed by atoms with Gasteiger partial charge in [-0.15, -0.1) is 0 Å². The number of hydrogen-bond donors (Lipinski definition) is 3. The topological polar surface area (TPSA) is 129 Å². The third-order valence-electron chi connectivity index (χ3n) is 4.94. The summed E-state index contributed by atoms with van der Waals surface area (Å²) in [5.74, 6) is -1.10. The zero-order valence-corrected chi connectivity index (χ0v) is 17.6. The second kappa shape index (κ2) is 9.65. The van der Waals surface area contributed by atoms with E-state index in [0.717, 1.165) is 0 Å². The number of pyridine rings is 1. The van der Waals surface area contributed by atoms with Gasteiger partial charge < -0.3 is 5.32 Å². The molecule has 2 amide bonds. The number of nitrogens with zero attached hydrogens (tertiary/aromatic N) is 3. The summed E-state index contributed by atoms with van der Waals surface area (Å²) in [6.07, 6.45) is 1.62. The summed E-state index contributed by atoms with van der Waals surface area (Å²) in [7, 11) is 0. The Kier molecular flexibility index (Phi) is 6.31. The highest BCUT2D eigenvalue weighted by Gasteiger charge is 2.27. The lowest BCUT2D eigenvalue weighted by atomic mass is 10.0. The van der Waals surface area contributed by atoms with E-state index in [2.05, 4.69) is 31.0 Å². The van der Waals surface area contributed by atoms with Gasteiger partial charge in [-0.2, -0.15) is 10.2 Å². The van der Waals surface area contributed by atoms with Crippen molar-refractivity contribution in [1.29, 1.82) is 0 Å². The summed E-state index contributed by atoms with van der Waals surface area (Å²) in [5, 5.41) is 14.1. The van der Waals surface area contributed by atoms with Crippen molar-refractivity contribution in [2.75, 3.05) is 0 Å².